The molecule has 0 unspecified atom stereocenters. The van der Waals surface area contributed by atoms with Gasteiger partial charge >= 0.3 is 5.88 Å². The summed E-state index contributed by atoms with van der Waals surface area (Å²) in [5.41, 5.74) is 0.370. The summed E-state index contributed by atoms with van der Waals surface area (Å²) in [5, 5.41) is 13.7. The predicted octanol–water partition coefficient (Wildman–Crippen LogP) is 2.09. The molecule has 2 rings (SSSR count). The molecule has 0 saturated heterocycles. The minimum absolute atomic E-state index is 0.202. The second-order valence-corrected chi connectivity index (χ2v) is 4.84. The minimum Gasteiger partial charge on any atom is -0.404 e. The highest BCUT2D eigenvalue weighted by Gasteiger charge is 2.41. The molecule has 0 spiro atoms. The van der Waals surface area contributed by atoms with Crippen LogP contribution in [-0.2, 0) is 11.3 Å². The van der Waals surface area contributed by atoms with Crippen LogP contribution in [0.2, 0.25) is 0 Å². The Kier molecular flexibility index (Phi) is 3.98. The van der Waals surface area contributed by atoms with Crippen molar-refractivity contribution in [3.8, 4) is 0 Å². The molecule has 0 bridgehead atoms. The van der Waals surface area contributed by atoms with Crippen LogP contribution in [0, 0.1) is 15.5 Å². The Bertz CT molecular complexity index is 412. The van der Waals surface area contributed by atoms with Crippen LogP contribution in [0.5, 0.6) is 0 Å². The third kappa shape index (κ3) is 3.30. The molecule has 100 valence electrons. The normalized spacial score (nSPS) is 16.7. The van der Waals surface area contributed by atoms with Crippen LogP contribution in [0.4, 0.5) is 5.88 Å². The van der Waals surface area contributed by atoms with E-state index in [0.29, 0.717) is 17.7 Å². The lowest BCUT2D eigenvalue weighted by Gasteiger charge is -2.14. The smallest absolute Gasteiger partial charge is 0.404 e. The molecule has 0 amide bonds. The van der Waals surface area contributed by atoms with E-state index >= 15 is 0 Å². The van der Waals surface area contributed by atoms with Gasteiger partial charge in [0.05, 0.1) is 12.6 Å². The molecule has 6 nitrogen and oxygen atoms in total. The Balaban J connectivity index is 1.73. The van der Waals surface area contributed by atoms with Gasteiger partial charge in [-0.3, -0.25) is 10.1 Å². The maximum Gasteiger partial charge on any atom is 0.433 e. The molecule has 1 heterocycles. The first-order chi connectivity index (χ1) is 8.65. The van der Waals surface area contributed by atoms with E-state index in [1.807, 2.05) is 0 Å². The first kappa shape index (κ1) is 13.0. The second kappa shape index (κ2) is 5.49. The van der Waals surface area contributed by atoms with Gasteiger partial charge in [0.15, 0.2) is 0 Å². The Morgan fingerprint density at radius 3 is 2.89 bits per heavy atom. The topological polar surface area (TPSA) is 77.5 Å². The van der Waals surface area contributed by atoms with E-state index in [9.17, 15) is 10.1 Å². The van der Waals surface area contributed by atoms with Gasteiger partial charge in [-0.05, 0) is 30.7 Å². The molecular weight excluding hydrogens is 236 g/mol. The lowest BCUT2D eigenvalue weighted by Crippen LogP contribution is -2.24. The molecule has 1 aromatic heterocycles. The first-order valence-corrected chi connectivity index (χ1v) is 6.08. The maximum atomic E-state index is 10.5. The average Bonchev–Trinajstić information content (AvgIpc) is 2.94. The number of hydrogen-bond donors (Lipinski definition) is 1. The largest absolute Gasteiger partial charge is 0.433 e. The van der Waals surface area contributed by atoms with Crippen molar-refractivity contribution in [1.29, 1.82) is 0 Å². The van der Waals surface area contributed by atoms with Gasteiger partial charge in [-0.2, -0.15) is 0 Å². The fourth-order valence-corrected chi connectivity index (χ4v) is 2.02. The monoisotopic (exact) mass is 254 g/mol. The van der Waals surface area contributed by atoms with Crippen molar-refractivity contribution in [2.24, 2.45) is 5.41 Å². The molecule has 1 aromatic rings. The minimum atomic E-state index is -0.523. The summed E-state index contributed by atoms with van der Waals surface area (Å²) in [6.45, 7) is 2.22. The maximum absolute atomic E-state index is 10.5. The highest BCUT2D eigenvalue weighted by atomic mass is 16.6. The van der Waals surface area contributed by atoms with Crippen molar-refractivity contribution in [3.63, 3.8) is 0 Å². The van der Waals surface area contributed by atoms with Crippen LogP contribution in [0.15, 0.2) is 16.5 Å². The van der Waals surface area contributed by atoms with Crippen LogP contribution in [0.3, 0.4) is 0 Å². The quantitative estimate of drug-likeness (QED) is 0.567. The molecule has 0 aliphatic heterocycles. The van der Waals surface area contributed by atoms with Crippen LogP contribution in [0.1, 0.15) is 25.0 Å². The van der Waals surface area contributed by atoms with Crippen molar-refractivity contribution >= 4 is 5.88 Å². The molecule has 0 aromatic carbocycles. The van der Waals surface area contributed by atoms with Gasteiger partial charge in [0, 0.05) is 20.3 Å². The van der Waals surface area contributed by atoms with Crippen molar-refractivity contribution in [2.75, 3.05) is 20.3 Å². The van der Waals surface area contributed by atoms with Gasteiger partial charge < -0.3 is 14.5 Å². The molecule has 0 radical (unpaired) electrons. The van der Waals surface area contributed by atoms with Crippen molar-refractivity contribution in [3.05, 3.63) is 28.0 Å². The standard InChI is InChI=1S/C12H18N2O4/c1-17-7-6-12(4-5-12)9-13-8-10-2-3-11(18-10)14(15)16/h2-3,13H,4-9H2,1H3. The molecular formula is C12H18N2O4. The van der Waals surface area contributed by atoms with E-state index in [-0.39, 0.29) is 5.88 Å². The summed E-state index contributed by atoms with van der Waals surface area (Å²) in [4.78, 5) is 9.93. The van der Waals surface area contributed by atoms with Crippen LogP contribution < -0.4 is 5.32 Å². The first-order valence-electron chi connectivity index (χ1n) is 6.08. The predicted molar refractivity (Wildman–Crippen MR) is 65.2 cm³/mol. The van der Waals surface area contributed by atoms with Gasteiger partial charge in [0.1, 0.15) is 10.7 Å². The fourth-order valence-electron chi connectivity index (χ4n) is 2.02. The number of furan rings is 1. The third-order valence-electron chi connectivity index (χ3n) is 3.42. The number of nitrogens with zero attached hydrogens (tertiary/aromatic N) is 1. The van der Waals surface area contributed by atoms with Crippen molar-refractivity contribution < 1.29 is 14.1 Å². The summed E-state index contributed by atoms with van der Waals surface area (Å²) in [6, 6.07) is 3.02. The molecule has 1 N–H and O–H groups in total. The van der Waals surface area contributed by atoms with Gasteiger partial charge in [0.2, 0.25) is 0 Å². The Morgan fingerprint density at radius 2 is 2.33 bits per heavy atom. The third-order valence-corrected chi connectivity index (χ3v) is 3.42. The molecule has 0 atom stereocenters. The van der Waals surface area contributed by atoms with Crippen molar-refractivity contribution in [2.45, 2.75) is 25.8 Å². The highest BCUT2D eigenvalue weighted by Crippen LogP contribution is 2.48. The van der Waals surface area contributed by atoms with E-state index in [1.54, 1.807) is 13.2 Å². The fraction of sp³-hybridized carbons (Fsp3) is 0.667. The van der Waals surface area contributed by atoms with Gasteiger partial charge in [-0.1, -0.05) is 0 Å². The zero-order chi connectivity index (χ0) is 13.0. The van der Waals surface area contributed by atoms with E-state index in [1.165, 1.54) is 18.9 Å². The zero-order valence-electron chi connectivity index (χ0n) is 10.5. The van der Waals surface area contributed by atoms with Crippen LogP contribution in [0.25, 0.3) is 0 Å². The summed E-state index contributed by atoms with van der Waals surface area (Å²) < 4.78 is 10.2. The summed E-state index contributed by atoms with van der Waals surface area (Å²) in [7, 11) is 1.71. The lowest BCUT2D eigenvalue weighted by atomic mass is 10.0. The number of nitrogens with one attached hydrogen (secondary N) is 1. The second-order valence-electron chi connectivity index (χ2n) is 4.84. The van der Waals surface area contributed by atoms with Crippen molar-refractivity contribution in [1.82, 2.24) is 5.32 Å². The Morgan fingerprint density at radius 1 is 1.56 bits per heavy atom. The summed E-state index contributed by atoms with van der Waals surface area (Å²) in [5.74, 6) is 0.400. The zero-order valence-corrected chi connectivity index (χ0v) is 10.5. The Hall–Kier alpha value is -1.40. The Labute approximate surface area is 105 Å². The number of rotatable bonds is 8. The number of nitro groups is 1. The highest BCUT2D eigenvalue weighted by molar-refractivity contribution is 5.17. The molecule has 1 aliphatic carbocycles. The van der Waals surface area contributed by atoms with Gasteiger partial charge in [-0.25, -0.2) is 0 Å². The molecule has 6 heteroatoms. The number of methoxy groups -OCH3 is 1. The van der Waals surface area contributed by atoms with E-state index in [2.05, 4.69) is 5.32 Å². The number of ether oxygens (including phenoxy) is 1. The molecule has 1 aliphatic rings. The van der Waals surface area contributed by atoms with E-state index in [0.717, 1.165) is 19.6 Å². The molecule has 1 fully saturated rings. The number of hydrogen-bond acceptors (Lipinski definition) is 5. The molecule has 1 saturated carbocycles. The average molecular weight is 254 g/mol. The van der Waals surface area contributed by atoms with E-state index in [4.69, 9.17) is 9.15 Å². The van der Waals surface area contributed by atoms with E-state index < -0.39 is 4.92 Å². The lowest BCUT2D eigenvalue weighted by molar-refractivity contribution is -0.402. The molecule has 18 heavy (non-hydrogen) atoms. The van der Waals surface area contributed by atoms with Gasteiger partial charge in [-0.15, -0.1) is 0 Å². The summed E-state index contributed by atoms with van der Waals surface area (Å²) >= 11 is 0. The van der Waals surface area contributed by atoms with Gasteiger partial charge in [0.25, 0.3) is 0 Å². The van der Waals surface area contributed by atoms with Crippen LogP contribution >= 0.6 is 0 Å². The SMILES string of the molecule is COCCC1(CNCc2ccc([N+](=O)[O-])o2)CC1. The van der Waals surface area contributed by atoms with Crippen LogP contribution in [-0.4, -0.2) is 25.2 Å². The summed E-state index contributed by atoms with van der Waals surface area (Å²) in [6.07, 6.45) is 3.51.